The van der Waals surface area contributed by atoms with Crippen molar-refractivity contribution in [3.05, 3.63) is 61.9 Å². The molecule has 0 amide bonds. The van der Waals surface area contributed by atoms with Crippen LogP contribution in [0.1, 0.15) is 24.1 Å². The summed E-state index contributed by atoms with van der Waals surface area (Å²) >= 11 is 7.99. The maximum absolute atomic E-state index is 13.4. The highest BCUT2D eigenvalue weighted by atomic mass is 127. The Morgan fingerprint density at radius 3 is 2.58 bits per heavy atom. The Hall–Kier alpha value is -0.810. The number of anilines is 1. The molecule has 0 aliphatic rings. The Morgan fingerprint density at radius 1 is 1.21 bits per heavy atom. The van der Waals surface area contributed by atoms with Gasteiger partial charge < -0.3 is 5.32 Å². The van der Waals surface area contributed by atoms with Gasteiger partial charge in [-0.1, -0.05) is 23.7 Å². The zero-order valence-corrected chi connectivity index (χ0v) is 13.6. The Bertz CT molecular complexity index is 601. The van der Waals surface area contributed by atoms with Gasteiger partial charge in [0.1, 0.15) is 5.82 Å². The summed E-state index contributed by atoms with van der Waals surface area (Å²) < 4.78 is 14.6. The fraction of sp³-hybridized carbons (Fsp3) is 0.200. The number of hydrogen-bond donors (Lipinski definition) is 1. The lowest BCUT2D eigenvalue weighted by molar-refractivity contribution is 0.624. The van der Waals surface area contributed by atoms with Crippen molar-refractivity contribution in [1.82, 2.24) is 0 Å². The van der Waals surface area contributed by atoms with Crippen LogP contribution in [0.25, 0.3) is 0 Å². The van der Waals surface area contributed by atoms with Gasteiger partial charge >= 0.3 is 0 Å². The van der Waals surface area contributed by atoms with E-state index in [4.69, 9.17) is 11.6 Å². The van der Waals surface area contributed by atoms with Gasteiger partial charge in [0.05, 0.1) is 5.02 Å². The van der Waals surface area contributed by atoms with Gasteiger partial charge in [-0.05, 0) is 71.8 Å². The number of benzene rings is 2. The largest absolute Gasteiger partial charge is 0.378 e. The minimum absolute atomic E-state index is 0.0188. The van der Waals surface area contributed by atoms with Crippen LogP contribution < -0.4 is 5.32 Å². The van der Waals surface area contributed by atoms with Gasteiger partial charge in [0.2, 0.25) is 0 Å². The Labute approximate surface area is 131 Å². The third-order valence-electron chi connectivity index (χ3n) is 3.00. The molecular formula is C15H14ClFIN. The van der Waals surface area contributed by atoms with Gasteiger partial charge in [-0.15, -0.1) is 0 Å². The molecule has 1 nitrogen and oxygen atoms in total. The summed E-state index contributed by atoms with van der Waals surface area (Å²) in [6, 6.07) is 11.1. The van der Waals surface area contributed by atoms with Gasteiger partial charge in [-0.25, -0.2) is 4.39 Å². The molecule has 1 atom stereocenters. The van der Waals surface area contributed by atoms with Gasteiger partial charge in [0.25, 0.3) is 0 Å². The number of halogens is 3. The van der Waals surface area contributed by atoms with Crippen LogP contribution in [0.5, 0.6) is 0 Å². The van der Waals surface area contributed by atoms with Crippen LogP contribution in [-0.4, -0.2) is 0 Å². The summed E-state index contributed by atoms with van der Waals surface area (Å²) in [4.78, 5) is 0. The van der Waals surface area contributed by atoms with Crippen molar-refractivity contribution < 1.29 is 4.39 Å². The van der Waals surface area contributed by atoms with Crippen LogP contribution in [0.4, 0.5) is 10.1 Å². The van der Waals surface area contributed by atoms with E-state index in [0.29, 0.717) is 0 Å². The minimum atomic E-state index is -0.383. The third-order valence-corrected chi connectivity index (χ3v) is 4.47. The molecule has 0 aromatic heterocycles. The molecular weight excluding hydrogens is 376 g/mol. The second kappa shape index (κ2) is 6.09. The van der Waals surface area contributed by atoms with Crippen LogP contribution >= 0.6 is 34.2 Å². The summed E-state index contributed by atoms with van der Waals surface area (Å²) in [6.45, 7) is 4.07. The van der Waals surface area contributed by atoms with Gasteiger partial charge in [-0.2, -0.15) is 0 Å². The molecule has 2 aromatic carbocycles. The molecule has 0 saturated heterocycles. The maximum Gasteiger partial charge on any atom is 0.142 e. The molecule has 0 saturated carbocycles. The normalized spacial score (nSPS) is 12.3. The van der Waals surface area contributed by atoms with Crippen molar-refractivity contribution in [2.75, 3.05) is 5.32 Å². The lowest BCUT2D eigenvalue weighted by Crippen LogP contribution is -2.07. The lowest BCUT2D eigenvalue weighted by atomic mass is 10.1. The summed E-state index contributed by atoms with van der Waals surface area (Å²) in [5.41, 5.74) is 3.15. The predicted molar refractivity (Wildman–Crippen MR) is 87.3 cm³/mol. The zero-order chi connectivity index (χ0) is 14.0. The highest BCUT2D eigenvalue weighted by Gasteiger charge is 2.09. The summed E-state index contributed by atoms with van der Waals surface area (Å²) in [7, 11) is 0. The second-order valence-electron chi connectivity index (χ2n) is 4.50. The molecule has 1 N–H and O–H groups in total. The van der Waals surface area contributed by atoms with E-state index in [2.05, 4.69) is 47.0 Å². The quantitative estimate of drug-likeness (QED) is 0.677. The van der Waals surface area contributed by atoms with E-state index in [-0.39, 0.29) is 16.9 Å². The molecule has 2 rings (SSSR count). The van der Waals surface area contributed by atoms with E-state index in [1.54, 1.807) is 6.07 Å². The minimum Gasteiger partial charge on any atom is -0.378 e. The molecule has 100 valence electrons. The van der Waals surface area contributed by atoms with Gasteiger partial charge in [-0.3, -0.25) is 0 Å². The van der Waals surface area contributed by atoms with Crippen LogP contribution in [0.3, 0.4) is 0 Å². The van der Waals surface area contributed by atoms with Crippen LogP contribution in [0, 0.1) is 16.3 Å². The molecule has 0 bridgehead atoms. The van der Waals surface area contributed by atoms with Crippen molar-refractivity contribution in [2.24, 2.45) is 0 Å². The van der Waals surface area contributed by atoms with Gasteiger partial charge in [0.15, 0.2) is 0 Å². The molecule has 19 heavy (non-hydrogen) atoms. The molecule has 1 unspecified atom stereocenters. The maximum atomic E-state index is 13.4. The highest BCUT2D eigenvalue weighted by molar-refractivity contribution is 14.1. The average Bonchev–Trinajstić information content (AvgIpc) is 2.37. The Morgan fingerprint density at radius 2 is 1.95 bits per heavy atom. The number of nitrogens with one attached hydrogen (secondary N) is 1. The van der Waals surface area contributed by atoms with E-state index in [0.717, 1.165) is 11.3 Å². The standard InChI is InChI=1S/C15H14ClFIN/c1-9-3-5-12(8-15(9)18)19-10(2)11-4-6-13(16)14(17)7-11/h3-8,10,19H,1-2H3. The molecule has 0 fully saturated rings. The van der Waals surface area contributed by atoms with Gasteiger partial charge in [0, 0.05) is 15.3 Å². The van der Waals surface area contributed by atoms with Crippen molar-refractivity contribution in [3.63, 3.8) is 0 Å². The van der Waals surface area contributed by atoms with Crippen molar-refractivity contribution in [1.29, 1.82) is 0 Å². The zero-order valence-electron chi connectivity index (χ0n) is 10.7. The summed E-state index contributed by atoms with van der Waals surface area (Å²) in [5.74, 6) is -0.383. The topological polar surface area (TPSA) is 12.0 Å². The fourth-order valence-corrected chi connectivity index (χ4v) is 2.43. The third kappa shape index (κ3) is 3.60. The van der Waals surface area contributed by atoms with E-state index >= 15 is 0 Å². The molecule has 2 aromatic rings. The second-order valence-corrected chi connectivity index (χ2v) is 6.07. The molecule has 4 heteroatoms. The monoisotopic (exact) mass is 389 g/mol. The fourth-order valence-electron chi connectivity index (χ4n) is 1.80. The SMILES string of the molecule is Cc1ccc(NC(C)c2ccc(Cl)c(F)c2)cc1I. The molecule has 0 aliphatic heterocycles. The number of hydrogen-bond acceptors (Lipinski definition) is 1. The molecule has 0 radical (unpaired) electrons. The summed E-state index contributed by atoms with van der Waals surface area (Å²) in [5, 5.41) is 3.51. The number of rotatable bonds is 3. The molecule has 0 aliphatic carbocycles. The van der Waals surface area contributed by atoms with Crippen molar-refractivity contribution in [3.8, 4) is 0 Å². The predicted octanol–water partition coefficient (Wildman–Crippen LogP) is 5.57. The first-order valence-corrected chi connectivity index (χ1v) is 7.40. The van der Waals surface area contributed by atoms with E-state index in [1.807, 2.05) is 19.1 Å². The van der Waals surface area contributed by atoms with Crippen molar-refractivity contribution in [2.45, 2.75) is 19.9 Å². The van der Waals surface area contributed by atoms with E-state index in [9.17, 15) is 4.39 Å². The lowest BCUT2D eigenvalue weighted by Gasteiger charge is -2.16. The Kier molecular flexibility index (Phi) is 4.68. The molecule has 0 spiro atoms. The first-order valence-electron chi connectivity index (χ1n) is 5.95. The van der Waals surface area contributed by atoms with E-state index in [1.165, 1.54) is 15.2 Å². The van der Waals surface area contributed by atoms with Crippen molar-refractivity contribution >= 4 is 39.9 Å². The number of aryl methyl sites for hydroxylation is 1. The first-order chi connectivity index (χ1) is 8.97. The first kappa shape index (κ1) is 14.6. The smallest absolute Gasteiger partial charge is 0.142 e. The van der Waals surface area contributed by atoms with Crippen LogP contribution in [0.15, 0.2) is 36.4 Å². The van der Waals surface area contributed by atoms with Crippen LogP contribution in [0.2, 0.25) is 5.02 Å². The van der Waals surface area contributed by atoms with E-state index < -0.39 is 0 Å². The van der Waals surface area contributed by atoms with Crippen LogP contribution in [-0.2, 0) is 0 Å². The Balaban J connectivity index is 2.17. The summed E-state index contributed by atoms with van der Waals surface area (Å²) in [6.07, 6.45) is 0. The highest BCUT2D eigenvalue weighted by Crippen LogP contribution is 2.24. The average molecular weight is 390 g/mol. The molecule has 0 heterocycles.